The topological polar surface area (TPSA) is 41.6 Å². The molecule has 20 heavy (non-hydrogen) atoms. The summed E-state index contributed by atoms with van der Waals surface area (Å²) in [6.45, 7) is 5.49. The van der Waals surface area contributed by atoms with Crippen LogP contribution in [0.15, 0.2) is 33.7 Å². The standard InChI is InChI=1S/C15H20BrN3S/c1-14(2)7-15(10-20-9-14)8-18-13(17)19(15)12-5-3-4-11(16)6-12/h3-6H,7-10H2,1-2H3,(H2,17,18). The second kappa shape index (κ2) is 4.95. The second-order valence-corrected chi connectivity index (χ2v) is 8.45. The molecule has 0 radical (unpaired) electrons. The van der Waals surface area contributed by atoms with Gasteiger partial charge in [0.05, 0.1) is 12.1 Å². The smallest absolute Gasteiger partial charge is 0.196 e. The average Bonchev–Trinajstić information content (AvgIpc) is 2.64. The molecule has 1 unspecified atom stereocenters. The molecule has 108 valence electrons. The zero-order chi connectivity index (χ0) is 14.4. The van der Waals surface area contributed by atoms with Crippen LogP contribution in [0.4, 0.5) is 5.69 Å². The minimum Gasteiger partial charge on any atom is -0.369 e. The number of thioether (sulfide) groups is 1. The Bertz CT molecular complexity index is 558. The Morgan fingerprint density at radius 2 is 2.15 bits per heavy atom. The molecule has 2 heterocycles. The minimum absolute atomic E-state index is 0.0390. The molecule has 2 aliphatic rings. The molecular weight excluding hydrogens is 334 g/mol. The summed E-state index contributed by atoms with van der Waals surface area (Å²) in [6.07, 6.45) is 1.13. The lowest BCUT2D eigenvalue weighted by Crippen LogP contribution is -2.58. The van der Waals surface area contributed by atoms with Crippen molar-refractivity contribution in [1.82, 2.24) is 0 Å². The van der Waals surface area contributed by atoms with Crippen LogP contribution in [0.3, 0.4) is 0 Å². The Morgan fingerprint density at radius 1 is 1.35 bits per heavy atom. The van der Waals surface area contributed by atoms with Crippen LogP contribution in [-0.2, 0) is 0 Å². The number of nitrogens with two attached hydrogens (primary N) is 1. The predicted molar refractivity (Wildman–Crippen MR) is 91.6 cm³/mol. The number of anilines is 1. The summed E-state index contributed by atoms with van der Waals surface area (Å²) >= 11 is 5.57. The van der Waals surface area contributed by atoms with E-state index in [-0.39, 0.29) is 5.54 Å². The maximum absolute atomic E-state index is 6.21. The summed E-state index contributed by atoms with van der Waals surface area (Å²) in [6, 6.07) is 8.34. The van der Waals surface area contributed by atoms with Gasteiger partial charge in [0.2, 0.25) is 0 Å². The van der Waals surface area contributed by atoms with Gasteiger partial charge in [0, 0.05) is 15.9 Å². The molecule has 0 aliphatic carbocycles. The van der Waals surface area contributed by atoms with E-state index in [0.717, 1.165) is 28.9 Å². The van der Waals surface area contributed by atoms with Crippen molar-refractivity contribution in [2.45, 2.75) is 25.8 Å². The van der Waals surface area contributed by atoms with Crippen LogP contribution in [0, 0.1) is 5.41 Å². The maximum Gasteiger partial charge on any atom is 0.196 e. The van der Waals surface area contributed by atoms with Crippen LogP contribution in [0.5, 0.6) is 0 Å². The lowest BCUT2D eigenvalue weighted by molar-refractivity contribution is 0.282. The second-order valence-electron chi connectivity index (χ2n) is 6.55. The predicted octanol–water partition coefficient (Wildman–Crippen LogP) is 3.49. The lowest BCUT2D eigenvalue weighted by atomic mass is 9.79. The fourth-order valence-electron chi connectivity index (χ4n) is 3.39. The van der Waals surface area contributed by atoms with Crippen molar-refractivity contribution in [3.8, 4) is 0 Å². The fraction of sp³-hybridized carbons (Fsp3) is 0.533. The molecule has 0 amide bonds. The largest absolute Gasteiger partial charge is 0.369 e. The summed E-state index contributed by atoms with van der Waals surface area (Å²) < 4.78 is 1.08. The number of nitrogens with zero attached hydrogens (tertiary/aromatic N) is 2. The van der Waals surface area contributed by atoms with Gasteiger partial charge in [0.15, 0.2) is 5.96 Å². The van der Waals surface area contributed by atoms with E-state index >= 15 is 0 Å². The molecule has 1 aromatic rings. The highest BCUT2D eigenvalue weighted by atomic mass is 79.9. The van der Waals surface area contributed by atoms with Gasteiger partial charge in [-0.05, 0) is 35.8 Å². The van der Waals surface area contributed by atoms with Crippen LogP contribution < -0.4 is 10.6 Å². The molecule has 0 aromatic heterocycles. The molecule has 2 N–H and O–H groups in total. The van der Waals surface area contributed by atoms with E-state index in [4.69, 9.17) is 5.73 Å². The molecule has 0 saturated carbocycles. The fourth-order valence-corrected chi connectivity index (χ4v) is 5.24. The van der Waals surface area contributed by atoms with E-state index in [1.165, 1.54) is 5.75 Å². The van der Waals surface area contributed by atoms with Crippen molar-refractivity contribution >= 4 is 39.3 Å². The summed E-state index contributed by atoms with van der Waals surface area (Å²) in [7, 11) is 0. The molecule has 1 saturated heterocycles. The van der Waals surface area contributed by atoms with Crippen LogP contribution in [-0.4, -0.2) is 29.5 Å². The zero-order valence-electron chi connectivity index (χ0n) is 11.9. The van der Waals surface area contributed by atoms with E-state index < -0.39 is 0 Å². The van der Waals surface area contributed by atoms with Crippen LogP contribution in [0.1, 0.15) is 20.3 Å². The van der Waals surface area contributed by atoms with Crippen LogP contribution in [0.25, 0.3) is 0 Å². The van der Waals surface area contributed by atoms with Crippen molar-refractivity contribution in [3.05, 3.63) is 28.7 Å². The number of hydrogen-bond acceptors (Lipinski definition) is 4. The minimum atomic E-state index is 0.0390. The summed E-state index contributed by atoms with van der Waals surface area (Å²) in [5.74, 6) is 2.95. The first kappa shape index (κ1) is 14.3. The van der Waals surface area contributed by atoms with E-state index in [1.807, 2.05) is 17.8 Å². The first-order valence-electron chi connectivity index (χ1n) is 6.85. The number of hydrogen-bond donors (Lipinski definition) is 1. The van der Waals surface area contributed by atoms with Gasteiger partial charge in [-0.1, -0.05) is 35.8 Å². The Hall–Kier alpha value is -0.680. The van der Waals surface area contributed by atoms with Gasteiger partial charge in [-0.3, -0.25) is 4.99 Å². The number of halogens is 1. The summed E-state index contributed by atoms with van der Waals surface area (Å²) in [5.41, 5.74) is 7.71. The zero-order valence-corrected chi connectivity index (χ0v) is 14.3. The third kappa shape index (κ3) is 2.46. The molecule has 2 aliphatic heterocycles. The highest BCUT2D eigenvalue weighted by Crippen LogP contribution is 2.45. The van der Waals surface area contributed by atoms with Crippen molar-refractivity contribution < 1.29 is 0 Å². The van der Waals surface area contributed by atoms with Crippen molar-refractivity contribution in [2.75, 3.05) is 23.0 Å². The maximum atomic E-state index is 6.21. The number of aliphatic imine (C=N–C) groups is 1. The average molecular weight is 354 g/mol. The quantitative estimate of drug-likeness (QED) is 0.840. The molecule has 1 fully saturated rings. The van der Waals surface area contributed by atoms with E-state index in [1.54, 1.807) is 0 Å². The van der Waals surface area contributed by atoms with E-state index in [2.05, 4.69) is 57.9 Å². The molecule has 3 nitrogen and oxygen atoms in total. The third-order valence-electron chi connectivity index (χ3n) is 3.98. The molecular formula is C15H20BrN3S. The summed E-state index contributed by atoms with van der Waals surface area (Å²) in [5, 5.41) is 0. The lowest BCUT2D eigenvalue weighted by Gasteiger charge is -2.47. The van der Waals surface area contributed by atoms with Gasteiger partial charge in [-0.25, -0.2) is 0 Å². The van der Waals surface area contributed by atoms with Crippen molar-refractivity contribution in [3.63, 3.8) is 0 Å². The molecule has 1 spiro atoms. The first-order valence-corrected chi connectivity index (χ1v) is 8.80. The van der Waals surface area contributed by atoms with Crippen LogP contribution >= 0.6 is 27.7 Å². The molecule has 5 heteroatoms. The monoisotopic (exact) mass is 353 g/mol. The molecule has 1 aromatic carbocycles. The SMILES string of the molecule is CC1(C)CSCC2(CN=C(N)N2c2cccc(Br)c2)C1. The molecule has 3 rings (SSSR count). The molecule has 1 atom stereocenters. The van der Waals surface area contributed by atoms with Gasteiger partial charge in [0.25, 0.3) is 0 Å². The van der Waals surface area contributed by atoms with E-state index in [0.29, 0.717) is 11.4 Å². The number of guanidine groups is 1. The van der Waals surface area contributed by atoms with Crippen LogP contribution in [0.2, 0.25) is 0 Å². The molecule has 0 bridgehead atoms. The summed E-state index contributed by atoms with van der Waals surface area (Å²) in [4.78, 5) is 6.81. The Morgan fingerprint density at radius 3 is 2.85 bits per heavy atom. The van der Waals surface area contributed by atoms with Crippen molar-refractivity contribution in [1.29, 1.82) is 0 Å². The van der Waals surface area contributed by atoms with Gasteiger partial charge >= 0.3 is 0 Å². The van der Waals surface area contributed by atoms with Gasteiger partial charge in [-0.15, -0.1) is 0 Å². The first-order chi connectivity index (χ1) is 9.42. The normalized spacial score (nSPS) is 28.8. The highest BCUT2D eigenvalue weighted by molar-refractivity contribution is 9.10. The van der Waals surface area contributed by atoms with Crippen molar-refractivity contribution in [2.24, 2.45) is 16.1 Å². The van der Waals surface area contributed by atoms with Gasteiger partial charge in [0.1, 0.15) is 0 Å². The Balaban J connectivity index is 2.00. The Labute approximate surface area is 133 Å². The number of benzene rings is 1. The van der Waals surface area contributed by atoms with Gasteiger partial charge < -0.3 is 10.6 Å². The van der Waals surface area contributed by atoms with Gasteiger partial charge in [-0.2, -0.15) is 11.8 Å². The highest BCUT2D eigenvalue weighted by Gasteiger charge is 2.48. The third-order valence-corrected chi connectivity index (χ3v) is 6.20. The van der Waals surface area contributed by atoms with E-state index in [9.17, 15) is 0 Å². The Kier molecular flexibility index (Phi) is 3.53. The number of rotatable bonds is 1.